The number of anilines is 2. The summed E-state index contributed by atoms with van der Waals surface area (Å²) in [6, 6.07) is 11.9. The quantitative estimate of drug-likeness (QED) is 0.913. The Balaban J connectivity index is 1.76. The number of methoxy groups -OCH3 is 1. The second kappa shape index (κ2) is 6.00. The van der Waals surface area contributed by atoms with E-state index in [0.717, 1.165) is 0 Å². The molecule has 0 aliphatic carbocycles. The normalized spacial score (nSPS) is 15.9. The molecule has 0 aromatic heterocycles. The molecule has 1 aliphatic heterocycles. The molecule has 0 saturated heterocycles. The number of hydrogen-bond acceptors (Lipinski definition) is 4. The highest BCUT2D eigenvalue weighted by Gasteiger charge is 2.23. The molecule has 2 aromatic carbocycles. The Kier molecular flexibility index (Phi) is 3.89. The summed E-state index contributed by atoms with van der Waals surface area (Å²) >= 11 is 0. The Bertz CT molecular complexity index is 756. The summed E-state index contributed by atoms with van der Waals surface area (Å²) in [4.78, 5) is 23.9. The Morgan fingerprint density at radius 3 is 2.65 bits per heavy atom. The summed E-state index contributed by atoms with van der Waals surface area (Å²) in [6.07, 6.45) is -0.526. The molecule has 1 atom stereocenters. The number of ether oxygens (including phenoxy) is 2. The van der Waals surface area contributed by atoms with Crippen molar-refractivity contribution in [1.82, 2.24) is 0 Å². The standard InChI is InChI=1S/C17H16N2O4/c1-10-16(20)19-14-9-12(5-8-15(14)23-10)18-17(21)11-3-6-13(22-2)7-4-11/h3-10H,1-2H3,(H,18,21)(H,19,20)/t10-/m1/s1. The van der Waals surface area contributed by atoms with E-state index in [-0.39, 0.29) is 11.8 Å². The third-order valence-electron chi connectivity index (χ3n) is 3.52. The van der Waals surface area contributed by atoms with Crippen molar-refractivity contribution >= 4 is 23.2 Å². The highest BCUT2D eigenvalue weighted by atomic mass is 16.5. The van der Waals surface area contributed by atoms with Gasteiger partial charge in [0, 0.05) is 11.3 Å². The summed E-state index contributed by atoms with van der Waals surface area (Å²) in [6.45, 7) is 1.68. The van der Waals surface area contributed by atoms with Crippen molar-refractivity contribution in [3.8, 4) is 11.5 Å². The number of carbonyl (C=O) groups excluding carboxylic acids is 2. The van der Waals surface area contributed by atoms with Crippen LogP contribution >= 0.6 is 0 Å². The van der Waals surface area contributed by atoms with Gasteiger partial charge in [-0.25, -0.2) is 0 Å². The summed E-state index contributed by atoms with van der Waals surface area (Å²) in [5.74, 6) is 0.809. The summed E-state index contributed by atoms with van der Waals surface area (Å²) in [5, 5.41) is 5.53. The molecule has 0 spiro atoms. The van der Waals surface area contributed by atoms with Crippen molar-refractivity contribution in [1.29, 1.82) is 0 Å². The summed E-state index contributed by atoms with van der Waals surface area (Å²) in [5.41, 5.74) is 1.63. The zero-order valence-corrected chi connectivity index (χ0v) is 12.8. The lowest BCUT2D eigenvalue weighted by Crippen LogP contribution is -2.34. The molecule has 118 valence electrons. The highest BCUT2D eigenvalue weighted by Crippen LogP contribution is 2.32. The van der Waals surface area contributed by atoms with Crippen LogP contribution in [0.3, 0.4) is 0 Å². The molecule has 2 N–H and O–H groups in total. The predicted molar refractivity (Wildman–Crippen MR) is 86.1 cm³/mol. The van der Waals surface area contributed by atoms with Crippen LogP contribution in [0.15, 0.2) is 42.5 Å². The van der Waals surface area contributed by atoms with Crippen molar-refractivity contribution in [3.63, 3.8) is 0 Å². The first-order valence-electron chi connectivity index (χ1n) is 7.14. The fourth-order valence-electron chi connectivity index (χ4n) is 2.23. The number of benzene rings is 2. The smallest absolute Gasteiger partial charge is 0.265 e. The van der Waals surface area contributed by atoms with Gasteiger partial charge in [0.25, 0.3) is 11.8 Å². The van der Waals surface area contributed by atoms with Gasteiger partial charge >= 0.3 is 0 Å². The molecule has 0 unspecified atom stereocenters. The van der Waals surface area contributed by atoms with Crippen LogP contribution in [0, 0.1) is 0 Å². The average Bonchev–Trinajstić information content (AvgIpc) is 2.56. The Morgan fingerprint density at radius 1 is 1.22 bits per heavy atom. The van der Waals surface area contributed by atoms with Gasteiger partial charge in [-0.3, -0.25) is 9.59 Å². The van der Waals surface area contributed by atoms with Crippen LogP contribution in [-0.4, -0.2) is 25.0 Å². The Labute approximate surface area is 133 Å². The number of amides is 2. The first kappa shape index (κ1) is 14.9. The SMILES string of the molecule is COc1ccc(C(=O)Nc2ccc3c(c2)NC(=O)[C@@H](C)O3)cc1. The topological polar surface area (TPSA) is 76.7 Å². The molecule has 0 fully saturated rings. The van der Waals surface area contributed by atoms with Crippen LogP contribution < -0.4 is 20.1 Å². The van der Waals surface area contributed by atoms with Crippen LogP contribution in [0.25, 0.3) is 0 Å². The van der Waals surface area contributed by atoms with E-state index >= 15 is 0 Å². The molecule has 2 amide bonds. The monoisotopic (exact) mass is 312 g/mol. The minimum Gasteiger partial charge on any atom is -0.497 e. The van der Waals surface area contributed by atoms with Gasteiger partial charge in [0.05, 0.1) is 12.8 Å². The zero-order valence-electron chi connectivity index (χ0n) is 12.8. The van der Waals surface area contributed by atoms with Crippen molar-refractivity contribution < 1.29 is 19.1 Å². The van der Waals surface area contributed by atoms with Gasteiger partial charge in [0.15, 0.2) is 6.10 Å². The van der Waals surface area contributed by atoms with Gasteiger partial charge in [-0.2, -0.15) is 0 Å². The van der Waals surface area contributed by atoms with Crippen LogP contribution in [-0.2, 0) is 4.79 Å². The molecular formula is C17H16N2O4. The minimum atomic E-state index is -0.526. The van der Waals surface area contributed by atoms with E-state index in [0.29, 0.717) is 28.4 Å². The Morgan fingerprint density at radius 2 is 1.96 bits per heavy atom. The van der Waals surface area contributed by atoms with Gasteiger partial charge in [-0.15, -0.1) is 0 Å². The number of nitrogens with one attached hydrogen (secondary N) is 2. The molecule has 0 saturated carbocycles. The van der Waals surface area contributed by atoms with Crippen molar-refractivity contribution in [3.05, 3.63) is 48.0 Å². The average molecular weight is 312 g/mol. The van der Waals surface area contributed by atoms with Crippen molar-refractivity contribution in [2.45, 2.75) is 13.0 Å². The first-order chi connectivity index (χ1) is 11.1. The molecule has 6 nitrogen and oxygen atoms in total. The van der Waals surface area contributed by atoms with Gasteiger partial charge < -0.3 is 20.1 Å². The third kappa shape index (κ3) is 3.11. The van der Waals surface area contributed by atoms with Gasteiger partial charge in [0.1, 0.15) is 11.5 Å². The van der Waals surface area contributed by atoms with E-state index in [1.165, 1.54) is 0 Å². The second-order valence-corrected chi connectivity index (χ2v) is 5.14. The molecule has 6 heteroatoms. The number of hydrogen-bond donors (Lipinski definition) is 2. The van der Waals surface area contributed by atoms with Crippen LogP contribution in [0.5, 0.6) is 11.5 Å². The van der Waals surface area contributed by atoms with Gasteiger partial charge in [0.2, 0.25) is 0 Å². The molecule has 1 aliphatic rings. The van der Waals surface area contributed by atoms with E-state index in [1.54, 1.807) is 56.5 Å². The maximum absolute atomic E-state index is 12.2. The highest BCUT2D eigenvalue weighted by molar-refractivity contribution is 6.05. The lowest BCUT2D eigenvalue weighted by molar-refractivity contribution is -0.122. The number of carbonyl (C=O) groups is 2. The van der Waals surface area contributed by atoms with E-state index in [9.17, 15) is 9.59 Å². The van der Waals surface area contributed by atoms with E-state index < -0.39 is 6.10 Å². The fourth-order valence-corrected chi connectivity index (χ4v) is 2.23. The van der Waals surface area contributed by atoms with E-state index in [2.05, 4.69) is 10.6 Å². The Hall–Kier alpha value is -3.02. The number of rotatable bonds is 3. The van der Waals surface area contributed by atoms with Crippen LogP contribution in [0.2, 0.25) is 0 Å². The molecule has 23 heavy (non-hydrogen) atoms. The number of fused-ring (bicyclic) bond motifs is 1. The maximum atomic E-state index is 12.2. The fraction of sp³-hybridized carbons (Fsp3) is 0.176. The van der Waals surface area contributed by atoms with Crippen LogP contribution in [0.4, 0.5) is 11.4 Å². The largest absolute Gasteiger partial charge is 0.497 e. The van der Waals surface area contributed by atoms with Crippen LogP contribution in [0.1, 0.15) is 17.3 Å². The maximum Gasteiger partial charge on any atom is 0.265 e. The minimum absolute atomic E-state index is 0.212. The summed E-state index contributed by atoms with van der Waals surface area (Å²) in [7, 11) is 1.57. The van der Waals surface area contributed by atoms with Gasteiger partial charge in [-0.1, -0.05) is 0 Å². The molecule has 1 heterocycles. The predicted octanol–water partition coefficient (Wildman–Crippen LogP) is 2.67. The molecule has 3 rings (SSSR count). The third-order valence-corrected chi connectivity index (χ3v) is 3.52. The summed E-state index contributed by atoms with van der Waals surface area (Å²) < 4.78 is 10.5. The molecule has 0 bridgehead atoms. The molecule has 2 aromatic rings. The molecular weight excluding hydrogens is 296 g/mol. The van der Waals surface area contributed by atoms with Gasteiger partial charge in [-0.05, 0) is 49.4 Å². The lowest BCUT2D eigenvalue weighted by Gasteiger charge is -2.23. The first-order valence-corrected chi connectivity index (χ1v) is 7.14. The lowest BCUT2D eigenvalue weighted by atomic mass is 10.1. The second-order valence-electron chi connectivity index (χ2n) is 5.14. The van der Waals surface area contributed by atoms with E-state index in [4.69, 9.17) is 9.47 Å². The van der Waals surface area contributed by atoms with Crippen molar-refractivity contribution in [2.24, 2.45) is 0 Å². The molecule has 0 radical (unpaired) electrons. The van der Waals surface area contributed by atoms with E-state index in [1.807, 2.05) is 0 Å². The zero-order chi connectivity index (χ0) is 16.4. The van der Waals surface area contributed by atoms with Crippen molar-refractivity contribution in [2.75, 3.05) is 17.7 Å².